The second-order valence-corrected chi connectivity index (χ2v) is 10.1. The van der Waals surface area contributed by atoms with E-state index in [1.807, 2.05) is 11.8 Å². The number of fused-ring (bicyclic) bond motifs is 1. The van der Waals surface area contributed by atoms with Gasteiger partial charge in [-0.25, -0.2) is 14.8 Å². The van der Waals surface area contributed by atoms with E-state index < -0.39 is 0 Å². The van der Waals surface area contributed by atoms with Gasteiger partial charge in [0, 0.05) is 51.2 Å². The lowest BCUT2D eigenvalue weighted by Gasteiger charge is -2.39. The van der Waals surface area contributed by atoms with Crippen LogP contribution >= 0.6 is 0 Å². The predicted octanol–water partition coefficient (Wildman–Crippen LogP) is 3.55. The Morgan fingerprint density at radius 1 is 1.11 bits per heavy atom. The van der Waals surface area contributed by atoms with Gasteiger partial charge in [-0.3, -0.25) is 14.3 Å². The first-order chi connectivity index (χ1) is 18.0. The maximum atomic E-state index is 12.1. The second-order valence-electron chi connectivity index (χ2n) is 10.1. The van der Waals surface area contributed by atoms with Crippen LogP contribution in [-0.4, -0.2) is 61.4 Å². The Morgan fingerprint density at radius 2 is 1.78 bits per heavy atom. The van der Waals surface area contributed by atoms with Gasteiger partial charge in [-0.1, -0.05) is 43.7 Å². The average Bonchev–Trinajstić information content (AvgIpc) is 3.76. The number of carbonyl (C=O) groups excluding carboxylic acids is 1. The lowest BCUT2D eigenvalue weighted by atomic mass is 9.96. The number of aryl methyl sites for hydroxylation is 1. The molecule has 3 heterocycles. The van der Waals surface area contributed by atoms with Gasteiger partial charge in [0.2, 0.25) is 11.9 Å². The fourth-order valence-corrected chi connectivity index (χ4v) is 5.16. The first-order valence-corrected chi connectivity index (χ1v) is 13.2. The van der Waals surface area contributed by atoms with Crippen LogP contribution in [0.1, 0.15) is 56.3 Å². The Bertz CT molecular complexity index is 1320. The molecule has 0 radical (unpaired) electrons. The zero-order chi connectivity index (χ0) is 25.9. The first kappa shape index (κ1) is 25.1. The van der Waals surface area contributed by atoms with Crippen molar-refractivity contribution in [3.8, 4) is 0 Å². The smallest absolute Gasteiger partial charge is 0.348 e. The largest absolute Gasteiger partial charge is 0.349 e. The number of hydrogen-bond acceptors (Lipinski definition) is 7. The van der Waals surface area contributed by atoms with Crippen molar-refractivity contribution in [1.82, 2.24) is 29.3 Å². The number of piperazine rings is 1. The van der Waals surface area contributed by atoms with Crippen molar-refractivity contribution in [3.05, 3.63) is 70.9 Å². The minimum Gasteiger partial charge on any atom is -0.348 e. The molecule has 5 rings (SSSR count). The van der Waals surface area contributed by atoms with Crippen molar-refractivity contribution >= 4 is 22.9 Å². The molecule has 37 heavy (non-hydrogen) atoms. The van der Waals surface area contributed by atoms with E-state index in [0.29, 0.717) is 24.2 Å². The summed E-state index contributed by atoms with van der Waals surface area (Å²) in [5.41, 5.74) is 2.74. The molecule has 1 saturated heterocycles. The molecule has 1 amide bonds. The monoisotopic (exact) mass is 501 g/mol. The normalized spacial score (nSPS) is 17.9. The molecular formula is C28H35N7O2. The minimum atomic E-state index is -0.308. The van der Waals surface area contributed by atoms with E-state index in [1.165, 1.54) is 37.1 Å². The molecule has 2 aliphatic rings. The van der Waals surface area contributed by atoms with Gasteiger partial charge >= 0.3 is 5.69 Å². The van der Waals surface area contributed by atoms with E-state index in [4.69, 9.17) is 0 Å². The summed E-state index contributed by atoms with van der Waals surface area (Å²) in [6.07, 6.45) is 8.43. The summed E-state index contributed by atoms with van der Waals surface area (Å²) in [7, 11) is 0. The topological polar surface area (TPSA) is 96.3 Å². The van der Waals surface area contributed by atoms with Crippen LogP contribution in [0.15, 0.2) is 54.1 Å². The van der Waals surface area contributed by atoms with Crippen LogP contribution in [0, 0.1) is 5.92 Å². The predicted molar refractivity (Wildman–Crippen MR) is 144 cm³/mol. The van der Waals surface area contributed by atoms with Crippen LogP contribution in [0.2, 0.25) is 0 Å². The molecule has 2 atom stereocenters. The zero-order valence-electron chi connectivity index (χ0n) is 21.6. The minimum absolute atomic E-state index is 0.00882. The van der Waals surface area contributed by atoms with Gasteiger partial charge in [-0.15, -0.1) is 0 Å². The van der Waals surface area contributed by atoms with Crippen molar-refractivity contribution in [2.75, 3.05) is 31.5 Å². The molecule has 194 valence electrons. The van der Waals surface area contributed by atoms with E-state index >= 15 is 0 Å². The second kappa shape index (κ2) is 10.8. The highest BCUT2D eigenvalue weighted by molar-refractivity contribution is 5.87. The van der Waals surface area contributed by atoms with Crippen LogP contribution < -0.4 is 11.0 Å². The third-order valence-corrected chi connectivity index (χ3v) is 7.57. The van der Waals surface area contributed by atoms with Crippen LogP contribution in [0.25, 0.3) is 11.0 Å². The number of aromatic nitrogens is 4. The Kier molecular flexibility index (Phi) is 7.32. The highest BCUT2D eigenvalue weighted by Gasteiger charge is 2.32. The summed E-state index contributed by atoms with van der Waals surface area (Å²) in [5, 5.41) is 4.12. The summed E-state index contributed by atoms with van der Waals surface area (Å²) in [4.78, 5) is 41.4. The van der Waals surface area contributed by atoms with Crippen LogP contribution in [0.4, 0.5) is 5.95 Å². The molecule has 3 aromatic rings. The molecule has 1 N–H and O–H groups in total. The van der Waals surface area contributed by atoms with Crippen LogP contribution in [-0.2, 0) is 11.3 Å². The van der Waals surface area contributed by atoms with Gasteiger partial charge in [0.1, 0.15) is 0 Å². The van der Waals surface area contributed by atoms with Crippen molar-refractivity contribution < 1.29 is 4.79 Å². The van der Waals surface area contributed by atoms with Crippen molar-refractivity contribution in [1.29, 1.82) is 0 Å². The Morgan fingerprint density at radius 3 is 2.43 bits per heavy atom. The molecular weight excluding hydrogens is 466 g/mol. The fraction of sp³-hybridized carbons (Fsp3) is 0.464. The number of amides is 1. The zero-order valence-corrected chi connectivity index (χ0v) is 21.6. The van der Waals surface area contributed by atoms with Crippen molar-refractivity contribution in [2.45, 2.75) is 51.7 Å². The van der Waals surface area contributed by atoms with Gasteiger partial charge < -0.3 is 10.2 Å². The SMILES string of the molecule is C=CC(=O)N1CCN([C@@H](CC2CC2)c2ccc([C@H](C)Nc3ncc4cnc(=O)n(CC)c4n3)cc2)CC1. The third kappa shape index (κ3) is 5.56. The Balaban J connectivity index is 1.29. The van der Waals surface area contributed by atoms with Crippen LogP contribution in [0.5, 0.6) is 0 Å². The summed E-state index contributed by atoms with van der Waals surface area (Å²) in [5.74, 6) is 1.31. The maximum Gasteiger partial charge on any atom is 0.349 e. The number of hydrogen-bond donors (Lipinski definition) is 1. The quantitative estimate of drug-likeness (QED) is 0.448. The summed E-state index contributed by atoms with van der Waals surface area (Å²) >= 11 is 0. The maximum absolute atomic E-state index is 12.1. The van der Waals surface area contributed by atoms with Gasteiger partial charge in [0.05, 0.1) is 11.4 Å². The van der Waals surface area contributed by atoms with E-state index in [0.717, 1.165) is 43.0 Å². The Labute approximate surface area is 217 Å². The van der Waals surface area contributed by atoms with Crippen LogP contribution in [0.3, 0.4) is 0 Å². The van der Waals surface area contributed by atoms with Crippen molar-refractivity contribution in [3.63, 3.8) is 0 Å². The average molecular weight is 502 g/mol. The van der Waals surface area contributed by atoms with Crippen molar-refractivity contribution in [2.24, 2.45) is 5.92 Å². The molecule has 0 spiro atoms. The van der Waals surface area contributed by atoms with E-state index in [-0.39, 0.29) is 17.6 Å². The van der Waals surface area contributed by atoms with Gasteiger partial charge in [0.25, 0.3) is 0 Å². The van der Waals surface area contributed by atoms with E-state index in [2.05, 4.69) is 62.9 Å². The number of nitrogens with one attached hydrogen (secondary N) is 1. The third-order valence-electron chi connectivity index (χ3n) is 7.57. The summed E-state index contributed by atoms with van der Waals surface area (Å²) < 4.78 is 1.55. The van der Waals surface area contributed by atoms with Gasteiger partial charge in [-0.2, -0.15) is 4.98 Å². The summed E-state index contributed by atoms with van der Waals surface area (Å²) in [6.45, 7) is 11.4. The number of rotatable bonds is 9. The van der Waals surface area contributed by atoms with E-state index in [1.54, 1.807) is 10.8 Å². The Hall–Kier alpha value is -3.59. The molecule has 9 heteroatoms. The first-order valence-electron chi connectivity index (χ1n) is 13.2. The van der Waals surface area contributed by atoms with E-state index in [9.17, 15) is 9.59 Å². The molecule has 0 unspecified atom stereocenters. The highest BCUT2D eigenvalue weighted by Crippen LogP contribution is 2.40. The molecule has 0 bridgehead atoms. The fourth-order valence-electron chi connectivity index (χ4n) is 5.16. The van der Waals surface area contributed by atoms with Gasteiger partial charge in [0.15, 0.2) is 5.65 Å². The lowest BCUT2D eigenvalue weighted by Crippen LogP contribution is -2.49. The number of benzene rings is 1. The molecule has 1 aromatic carbocycles. The highest BCUT2D eigenvalue weighted by atomic mass is 16.2. The number of carbonyl (C=O) groups is 1. The lowest BCUT2D eigenvalue weighted by molar-refractivity contribution is -0.128. The standard InChI is InChI=1S/C28H35N7O2/c1-4-25(36)34-14-12-33(13-15-34)24(16-20-6-7-20)22-10-8-21(9-11-22)19(3)31-27-29-17-23-18-30-28(37)35(5-2)26(23)32-27/h4,8-11,17-20,24H,1,5-7,12-16H2,2-3H3,(H,29,31,32)/t19-,24-/m0/s1. The number of anilines is 1. The van der Waals surface area contributed by atoms with Gasteiger partial charge in [-0.05, 0) is 43.4 Å². The molecule has 1 aliphatic carbocycles. The summed E-state index contributed by atoms with van der Waals surface area (Å²) in [6, 6.07) is 9.20. The molecule has 2 fully saturated rings. The molecule has 9 nitrogen and oxygen atoms in total. The molecule has 1 aliphatic heterocycles. The number of nitrogens with zero attached hydrogens (tertiary/aromatic N) is 6. The molecule has 2 aromatic heterocycles. The molecule has 1 saturated carbocycles.